The summed E-state index contributed by atoms with van der Waals surface area (Å²) in [7, 11) is -3.65. The molecule has 2 fully saturated rings. The van der Waals surface area contributed by atoms with Gasteiger partial charge in [0.05, 0.1) is 16.9 Å². The number of carboxylic acid groups (broad SMARTS) is 1. The molecule has 0 saturated carbocycles. The van der Waals surface area contributed by atoms with Crippen molar-refractivity contribution in [3.05, 3.63) is 15.8 Å². The molecule has 1 aromatic heterocycles. The Hall–Kier alpha value is -0.960. The average Bonchev–Trinajstić information content (AvgIpc) is 3.00. The van der Waals surface area contributed by atoms with Gasteiger partial charge in [0.15, 0.2) is 0 Å². The fourth-order valence-electron chi connectivity index (χ4n) is 3.44. The third-order valence-corrected chi connectivity index (χ3v) is 7.75. The van der Waals surface area contributed by atoms with Crippen LogP contribution in [0.4, 0.5) is 0 Å². The molecule has 0 bridgehead atoms. The van der Waals surface area contributed by atoms with E-state index in [1.165, 1.54) is 15.6 Å². The molecule has 22 heavy (non-hydrogen) atoms. The number of hydrogen-bond donors (Lipinski definition) is 1. The van der Waals surface area contributed by atoms with Crippen LogP contribution in [0.25, 0.3) is 0 Å². The first kappa shape index (κ1) is 15.9. The van der Waals surface area contributed by atoms with E-state index < -0.39 is 21.4 Å². The molecule has 3 rings (SSSR count). The Kier molecular flexibility index (Phi) is 3.83. The summed E-state index contributed by atoms with van der Waals surface area (Å²) in [5, 5.41) is 9.64. The number of carboxylic acids is 1. The molecule has 0 unspecified atom stereocenters. The highest BCUT2D eigenvalue weighted by atomic mass is 32.2. The number of nitrogens with zero attached hydrogens (tertiary/aromatic N) is 1. The fraction of sp³-hybridized carbons (Fsp3) is 0.643. The van der Waals surface area contributed by atoms with Crippen molar-refractivity contribution in [1.82, 2.24) is 4.31 Å². The lowest BCUT2D eigenvalue weighted by Gasteiger charge is -2.34. The lowest BCUT2D eigenvalue weighted by molar-refractivity contribution is -0.157. The Bertz CT molecular complexity index is 711. The van der Waals surface area contributed by atoms with Gasteiger partial charge >= 0.3 is 5.97 Å². The topological polar surface area (TPSA) is 83.9 Å². The van der Waals surface area contributed by atoms with Crippen molar-refractivity contribution in [1.29, 1.82) is 0 Å². The monoisotopic (exact) mass is 345 g/mol. The number of aryl methyl sites for hydroxylation is 2. The van der Waals surface area contributed by atoms with Gasteiger partial charge in [0.2, 0.25) is 10.0 Å². The van der Waals surface area contributed by atoms with Crippen LogP contribution < -0.4 is 0 Å². The molecule has 2 aliphatic heterocycles. The number of rotatable bonds is 3. The molecule has 1 aromatic rings. The summed E-state index contributed by atoms with van der Waals surface area (Å²) in [6.45, 7) is 4.57. The van der Waals surface area contributed by atoms with Crippen LogP contribution in [0.15, 0.2) is 11.0 Å². The zero-order valence-corrected chi connectivity index (χ0v) is 14.2. The van der Waals surface area contributed by atoms with Crippen molar-refractivity contribution < 1.29 is 23.1 Å². The molecule has 3 heterocycles. The van der Waals surface area contributed by atoms with E-state index in [1.54, 1.807) is 13.0 Å². The number of fused-ring (bicyclic) bond motifs is 1. The van der Waals surface area contributed by atoms with Gasteiger partial charge in [-0.1, -0.05) is 0 Å². The molecule has 2 atom stereocenters. The molecule has 2 saturated heterocycles. The predicted octanol–water partition coefficient (Wildman–Crippen LogP) is 1.48. The Morgan fingerprint density at radius 2 is 2.23 bits per heavy atom. The number of carbonyl (C=O) groups is 1. The van der Waals surface area contributed by atoms with Gasteiger partial charge < -0.3 is 9.84 Å². The number of thiophene rings is 1. The SMILES string of the molecule is Cc1cc(S(=O)(=O)N2C[C@@H]3COCC[C@]3(C(=O)O)C2)c(C)s1. The van der Waals surface area contributed by atoms with E-state index in [1.807, 2.05) is 6.92 Å². The highest BCUT2D eigenvalue weighted by Crippen LogP contribution is 2.44. The number of ether oxygens (including phenoxy) is 1. The Balaban J connectivity index is 1.97. The summed E-state index contributed by atoms with van der Waals surface area (Å²) in [4.78, 5) is 13.7. The number of aliphatic carboxylic acids is 1. The largest absolute Gasteiger partial charge is 0.481 e. The minimum atomic E-state index is -3.65. The minimum absolute atomic E-state index is 0.0347. The van der Waals surface area contributed by atoms with Crippen molar-refractivity contribution >= 4 is 27.3 Å². The highest BCUT2D eigenvalue weighted by Gasteiger charge is 2.56. The van der Waals surface area contributed by atoms with Crippen molar-refractivity contribution in [2.75, 3.05) is 26.3 Å². The highest BCUT2D eigenvalue weighted by molar-refractivity contribution is 7.89. The van der Waals surface area contributed by atoms with E-state index in [9.17, 15) is 18.3 Å². The maximum absolute atomic E-state index is 12.9. The maximum Gasteiger partial charge on any atom is 0.311 e. The maximum atomic E-state index is 12.9. The summed E-state index contributed by atoms with van der Waals surface area (Å²) in [6, 6.07) is 1.67. The Morgan fingerprint density at radius 3 is 2.77 bits per heavy atom. The normalized spacial score (nSPS) is 29.5. The van der Waals surface area contributed by atoms with Gasteiger partial charge in [-0.05, 0) is 26.3 Å². The van der Waals surface area contributed by atoms with E-state index in [2.05, 4.69) is 0 Å². The third kappa shape index (κ3) is 2.29. The van der Waals surface area contributed by atoms with Gasteiger partial charge in [-0.3, -0.25) is 4.79 Å². The molecule has 2 aliphatic rings. The van der Waals surface area contributed by atoms with Crippen molar-refractivity contribution in [3.8, 4) is 0 Å². The summed E-state index contributed by atoms with van der Waals surface area (Å²) in [5.74, 6) is -1.20. The Morgan fingerprint density at radius 1 is 1.50 bits per heavy atom. The third-order valence-electron chi connectivity index (χ3n) is 4.71. The smallest absolute Gasteiger partial charge is 0.311 e. The molecule has 6 nitrogen and oxygen atoms in total. The van der Waals surface area contributed by atoms with Crippen LogP contribution in [0.2, 0.25) is 0 Å². The molecule has 122 valence electrons. The van der Waals surface area contributed by atoms with Gasteiger partial charge in [0.1, 0.15) is 0 Å². The van der Waals surface area contributed by atoms with Crippen LogP contribution in [0.1, 0.15) is 16.2 Å². The van der Waals surface area contributed by atoms with E-state index >= 15 is 0 Å². The quantitative estimate of drug-likeness (QED) is 0.897. The predicted molar refractivity (Wildman–Crippen MR) is 81.5 cm³/mol. The van der Waals surface area contributed by atoms with E-state index in [4.69, 9.17) is 4.74 Å². The zero-order chi connectivity index (χ0) is 16.1. The number of sulfonamides is 1. The van der Waals surface area contributed by atoms with Crippen LogP contribution in [0, 0.1) is 25.2 Å². The molecule has 0 aliphatic carbocycles. The van der Waals surface area contributed by atoms with Gasteiger partial charge in [0, 0.05) is 35.4 Å². The summed E-state index contributed by atoms with van der Waals surface area (Å²) in [5.41, 5.74) is -1.01. The average molecular weight is 345 g/mol. The lowest BCUT2D eigenvalue weighted by Crippen LogP contribution is -2.45. The molecule has 0 aromatic carbocycles. The zero-order valence-electron chi connectivity index (χ0n) is 12.5. The first-order chi connectivity index (χ1) is 10.3. The molecule has 1 N–H and O–H groups in total. The second-order valence-corrected chi connectivity index (χ2v) is 9.42. The number of hydrogen-bond acceptors (Lipinski definition) is 5. The molecular formula is C14H19NO5S2. The van der Waals surface area contributed by atoms with Crippen molar-refractivity contribution in [2.24, 2.45) is 11.3 Å². The van der Waals surface area contributed by atoms with E-state index in [0.29, 0.717) is 24.5 Å². The van der Waals surface area contributed by atoms with E-state index in [0.717, 1.165) is 9.75 Å². The van der Waals surface area contributed by atoms with Crippen LogP contribution in [0.3, 0.4) is 0 Å². The molecule has 8 heteroatoms. The van der Waals surface area contributed by atoms with Crippen molar-refractivity contribution in [3.63, 3.8) is 0 Å². The van der Waals surface area contributed by atoms with Gasteiger partial charge in [0.25, 0.3) is 0 Å². The van der Waals surface area contributed by atoms with Crippen LogP contribution in [-0.4, -0.2) is 50.1 Å². The van der Waals surface area contributed by atoms with Crippen LogP contribution in [-0.2, 0) is 19.6 Å². The Labute approximate surface area is 133 Å². The van der Waals surface area contributed by atoms with Gasteiger partial charge in [-0.15, -0.1) is 11.3 Å². The summed E-state index contributed by atoms with van der Waals surface area (Å²) >= 11 is 1.44. The standard InChI is InChI=1S/C14H19NO5S2/c1-9-5-12(10(2)21-9)22(18,19)15-6-11-7-20-4-3-14(11,8-15)13(16)17/h5,11H,3-4,6-8H2,1-2H3,(H,16,17)/t11-,14+/m1/s1. The first-order valence-electron chi connectivity index (χ1n) is 7.16. The molecule has 0 amide bonds. The minimum Gasteiger partial charge on any atom is -0.481 e. The van der Waals surface area contributed by atoms with E-state index in [-0.39, 0.29) is 19.0 Å². The van der Waals surface area contributed by atoms with Gasteiger partial charge in [-0.25, -0.2) is 8.42 Å². The van der Waals surface area contributed by atoms with Crippen LogP contribution >= 0.6 is 11.3 Å². The molecule has 0 spiro atoms. The first-order valence-corrected chi connectivity index (χ1v) is 9.41. The lowest BCUT2D eigenvalue weighted by atomic mass is 9.74. The molecule has 0 radical (unpaired) electrons. The second-order valence-electron chi connectivity index (χ2n) is 6.06. The fourth-order valence-corrected chi connectivity index (χ4v) is 6.52. The van der Waals surface area contributed by atoms with Crippen molar-refractivity contribution in [2.45, 2.75) is 25.2 Å². The summed E-state index contributed by atoms with van der Waals surface area (Å²) < 4.78 is 32.5. The molecular weight excluding hydrogens is 326 g/mol. The van der Waals surface area contributed by atoms with Crippen LogP contribution in [0.5, 0.6) is 0 Å². The van der Waals surface area contributed by atoms with Gasteiger partial charge in [-0.2, -0.15) is 4.31 Å². The second kappa shape index (κ2) is 5.30. The summed E-state index contributed by atoms with van der Waals surface area (Å²) in [6.07, 6.45) is 0.362.